The van der Waals surface area contributed by atoms with E-state index in [0.717, 1.165) is 0 Å². The number of alkyl halides is 2. The summed E-state index contributed by atoms with van der Waals surface area (Å²) >= 11 is 0. The third kappa shape index (κ3) is 1.38. The normalized spacial score (nSPS) is 20.4. The summed E-state index contributed by atoms with van der Waals surface area (Å²) in [4.78, 5) is 11.4. The van der Waals surface area contributed by atoms with Gasteiger partial charge in [0.05, 0.1) is 5.69 Å². The standard InChI is InChI=1S/C9H10F2N2O/c10-9(11)4-6(5-9)13-3-1-2-7(12)8(13)14/h1-3,6H,4-5,12H2. The van der Waals surface area contributed by atoms with Crippen molar-refractivity contribution in [3.05, 3.63) is 28.7 Å². The summed E-state index contributed by atoms with van der Waals surface area (Å²) < 4.78 is 26.4. The minimum absolute atomic E-state index is 0.0997. The number of nitrogens with zero attached hydrogens (tertiary/aromatic N) is 1. The molecule has 5 heteroatoms. The molecule has 0 radical (unpaired) electrons. The molecular formula is C9H10F2N2O. The summed E-state index contributed by atoms with van der Waals surface area (Å²) in [5.74, 6) is -2.62. The van der Waals surface area contributed by atoms with Crippen molar-refractivity contribution in [3.63, 3.8) is 0 Å². The van der Waals surface area contributed by atoms with E-state index in [9.17, 15) is 13.6 Å². The molecule has 76 valence electrons. The first-order valence-electron chi connectivity index (χ1n) is 4.34. The SMILES string of the molecule is Nc1cccn(C2CC(F)(F)C2)c1=O. The summed E-state index contributed by atoms with van der Waals surface area (Å²) in [5.41, 5.74) is 5.10. The first-order chi connectivity index (χ1) is 6.49. The summed E-state index contributed by atoms with van der Waals surface area (Å²) in [6.45, 7) is 0. The van der Waals surface area contributed by atoms with Crippen LogP contribution < -0.4 is 11.3 Å². The van der Waals surface area contributed by atoms with Crippen LogP contribution in [0, 0.1) is 0 Å². The van der Waals surface area contributed by atoms with E-state index in [2.05, 4.69) is 0 Å². The second kappa shape index (κ2) is 2.80. The van der Waals surface area contributed by atoms with Gasteiger partial charge in [-0.3, -0.25) is 4.79 Å². The molecule has 2 rings (SSSR count). The van der Waals surface area contributed by atoms with Gasteiger partial charge in [0.25, 0.3) is 11.5 Å². The van der Waals surface area contributed by atoms with Gasteiger partial charge in [-0.2, -0.15) is 0 Å². The number of hydrogen-bond donors (Lipinski definition) is 1. The molecule has 1 aromatic rings. The van der Waals surface area contributed by atoms with Gasteiger partial charge < -0.3 is 10.3 Å². The van der Waals surface area contributed by atoms with Gasteiger partial charge in [0.15, 0.2) is 0 Å². The van der Waals surface area contributed by atoms with E-state index in [0.29, 0.717) is 0 Å². The Balaban J connectivity index is 2.27. The number of hydrogen-bond acceptors (Lipinski definition) is 2. The molecule has 14 heavy (non-hydrogen) atoms. The van der Waals surface area contributed by atoms with Gasteiger partial charge in [0.2, 0.25) is 0 Å². The van der Waals surface area contributed by atoms with E-state index in [4.69, 9.17) is 5.73 Å². The van der Waals surface area contributed by atoms with Crippen molar-refractivity contribution in [1.82, 2.24) is 4.57 Å². The molecule has 0 atom stereocenters. The summed E-state index contributed by atoms with van der Waals surface area (Å²) in [5, 5.41) is 0. The molecule has 0 bridgehead atoms. The topological polar surface area (TPSA) is 48.0 Å². The van der Waals surface area contributed by atoms with Gasteiger partial charge in [-0.1, -0.05) is 0 Å². The van der Waals surface area contributed by atoms with Crippen LogP contribution in [0.2, 0.25) is 0 Å². The number of rotatable bonds is 1. The molecule has 2 N–H and O–H groups in total. The Morgan fingerprint density at radius 2 is 2.14 bits per heavy atom. The van der Waals surface area contributed by atoms with Crippen molar-refractivity contribution < 1.29 is 8.78 Å². The number of halogens is 2. The van der Waals surface area contributed by atoms with E-state index in [1.54, 1.807) is 6.07 Å². The highest BCUT2D eigenvalue weighted by molar-refractivity contribution is 5.33. The molecular weight excluding hydrogens is 190 g/mol. The van der Waals surface area contributed by atoms with Gasteiger partial charge in [0.1, 0.15) is 0 Å². The fourth-order valence-corrected chi connectivity index (χ4v) is 1.64. The van der Waals surface area contributed by atoms with E-state index in [1.807, 2.05) is 0 Å². The van der Waals surface area contributed by atoms with Crippen molar-refractivity contribution in [1.29, 1.82) is 0 Å². The first kappa shape index (κ1) is 9.18. The van der Waals surface area contributed by atoms with Crippen LogP contribution in [0.1, 0.15) is 18.9 Å². The minimum atomic E-state index is -2.62. The Labute approximate surface area is 79.1 Å². The molecule has 0 spiro atoms. The summed E-state index contributed by atoms with van der Waals surface area (Å²) in [6.07, 6.45) is 0.964. The smallest absolute Gasteiger partial charge is 0.273 e. The van der Waals surface area contributed by atoms with E-state index in [-0.39, 0.29) is 24.1 Å². The molecule has 1 aromatic heterocycles. The second-order valence-electron chi connectivity index (χ2n) is 3.59. The van der Waals surface area contributed by atoms with Crippen LogP contribution in [0.3, 0.4) is 0 Å². The molecule has 3 nitrogen and oxygen atoms in total. The molecule has 1 aliphatic rings. The average Bonchev–Trinajstić information content (AvgIpc) is 2.06. The Morgan fingerprint density at radius 1 is 1.50 bits per heavy atom. The first-order valence-corrected chi connectivity index (χ1v) is 4.34. The maximum atomic E-state index is 12.6. The monoisotopic (exact) mass is 200 g/mol. The molecule has 1 fully saturated rings. The van der Waals surface area contributed by atoms with Crippen LogP contribution in [0.15, 0.2) is 23.1 Å². The highest BCUT2D eigenvalue weighted by Crippen LogP contribution is 2.44. The van der Waals surface area contributed by atoms with E-state index >= 15 is 0 Å². The van der Waals surface area contributed by atoms with Crippen LogP contribution in [-0.4, -0.2) is 10.5 Å². The van der Waals surface area contributed by atoms with Crippen LogP contribution in [0.4, 0.5) is 14.5 Å². The van der Waals surface area contributed by atoms with E-state index in [1.165, 1.54) is 16.8 Å². The van der Waals surface area contributed by atoms with Crippen molar-refractivity contribution in [2.24, 2.45) is 0 Å². The van der Waals surface area contributed by atoms with Gasteiger partial charge in [-0.25, -0.2) is 8.78 Å². The number of anilines is 1. The Bertz CT molecular complexity index is 406. The Morgan fingerprint density at radius 3 is 2.71 bits per heavy atom. The van der Waals surface area contributed by atoms with Crippen LogP contribution in [-0.2, 0) is 0 Å². The number of nitrogens with two attached hydrogens (primary N) is 1. The highest BCUT2D eigenvalue weighted by atomic mass is 19.3. The van der Waals surface area contributed by atoms with Crippen LogP contribution >= 0.6 is 0 Å². The maximum absolute atomic E-state index is 12.6. The fourth-order valence-electron chi connectivity index (χ4n) is 1.64. The van der Waals surface area contributed by atoms with Crippen LogP contribution in [0.25, 0.3) is 0 Å². The summed E-state index contributed by atoms with van der Waals surface area (Å²) in [7, 11) is 0. The van der Waals surface area contributed by atoms with E-state index < -0.39 is 12.0 Å². The molecule has 0 saturated heterocycles. The fraction of sp³-hybridized carbons (Fsp3) is 0.444. The quantitative estimate of drug-likeness (QED) is 0.744. The lowest BCUT2D eigenvalue weighted by Gasteiger charge is -2.36. The van der Waals surface area contributed by atoms with Gasteiger partial charge >= 0.3 is 0 Å². The molecule has 1 aliphatic carbocycles. The van der Waals surface area contributed by atoms with Gasteiger partial charge in [-0.05, 0) is 12.1 Å². The van der Waals surface area contributed by atoms with Gasteiger partial charge in [0, 0.05) is 25.1 Å². The molecule has 0 unspecified atom stereocenters. The Kier molecular flexibility index (Phi) is 1.83. The summed E-state index contributed by atoms with van der Waals surface area (Å²) in [6, 6.07) is 2.66. The van der Waals surface area contributed by atoms with Crippen molar-refractivity contribution in [2.45, 2.75) is 24.8 Å². The second-order valence-corrected chi connectivity index (χ2v) is 3.59. The van der Waals surface area contributed by atoms with Crippen molar-refractivity contribution in [2.75, 3.05) is 5.73 Å². The third-order valence-corrected chi connectivity index (χ3v) is 2.47. The molecule has 1 saturated carbocycles. The predicted octanol–water partition coefficient (Wildman–Crippen LogP) is 1.40. The lowest BCUT2D eigenvalue weighted by molar-refractivity contribution is -0.104. The molecule has 0 aromatic carbocycles. The minimum Gasteiger partial charge on any atom is -0.394 e. The number of aromatic nitrogens is 1. The third-order valence-electron chi connectivity index (χ3n) is 2.47. The maximum Gasteiger partial charge on any atom is 0.273 e. The largest absolute Gasteiger partial charge is 0.394 e. The highest BCUT2D eigenvalue weighted by Gasteiger charge is 2.46. The lowest BCUT2D eigenvalue weighted by Crippen LogP contribution is -2.41. The molecule has 0 amide bonds. The zero-order valence-corrected chi connectivity index (χ0v) is 7.41. The Hall–Kier alpha value is -1.39. The average molecular weight is 200 g/mol. The predicted molar refractivity (Wildman–Crippen MR) is 48.3 cm³/mol. The molecule has 0 aliphatic heterocycles. The van der Waals surface area contributed by atoms with Crippen LogP contribution in [0.5, 0.6) is 0 Å². The van der Waals surface area contributed by atoms with Crippen molar-refractivity contribution >= 4 is 5.69 Å². The zero-order chi connectivity index (χ0) is 10.3. The number of nitrogen functional groups attached to an aromatic ring is 1. The van der Waals surface area contributed by atoms with Crippen molar-refractivity contribution in [3.8, 4) is 0 Å². The zero-order valence-electron chi connectivity index (χ0n) is 7.41. The number of pyridine rings is 1. The molecule has 1 heterocycles. The lowest BCUT2D eigenvalue weighted by atomic mass is 9.88. The van der Waals surface area contributed by atoms with Gasteiger partial charge in [-0.15, -0.1) is 0 Å².